The number of benzene rings is 2. The Kier molecular flexibility index (Phi) is 5.34. The van der Waals surface area contributed by atoms with Gasteiger partial charge in [0.1, 0.15) is 5.82 Å². The van der Waals surface area contributed by atoms with E-state index in [0.29, 0.717) is 11.7 Å². The molecule has 0 bridgehead atoms. The summed E-state index contributed by atoms with van der Waals surface area (Å²) in [6, 6.07) is 10.2. The number of aryl methyl sites for hydroxylation is 2. The summed E-state index contributed by atoms with van der Waals surface area (Å²) in [5.41, 5.74) is 3.31. The Morgan fingerprint density at radius 1 is 1.19 bits per heavy atom. The summed E-state index contributed by atoms with van der Waals surface area (Å²) in [6.45, 7) is 5.33. The number of nitrogens with zero attached hydrogens (tertiary/aromatic N) is 2. The van der Waals surface area contributed by atoms with Gasteiger partial charge in [0, 0.05) is 0 Å². The highest BCUT2D eigenvalue weighted by atomic mass is 32.1. The number of thiazole rings is 1. The van der Waals surface area contributed by atoms with Crippen molar-refractivity contribution in [3.63, 3.8) is 0 Å². The normalized spacial score (nSPS) is 11.3. The van der Waals surface area contributed by atoms with Crippen molar-refractivity contribution in [2.75, 3.05) is 32.1 Å². The molecule has 3 aromatic rings. The zero-order valence-electron chi connectivity index (χ0n) is 15.5. The quantitative estimate of drug-likeness (QED) is 0.748. The molecule has 0 unspecified atom stereocenters. The van der Waals surface area contributed by atoms with Crippen LogP contribution >= 0.6 is 11.3 Å². The third kappa shape index (κ3) is 3.76. The van der Waals surface area contributed by atoms with Crippen LogP contribution in [-0.2, 0) is 0 Å². The summed E-state index contributed by atoms with van der Waals surface area (Å²) in [6.07, 6.45) is 0. The fourth-order valence-corrected chi connectivity index (χ4v) is 3.75. The third-order valence-electron chi connectivity index (χ3n) is 4.41. The van der Waals surface area contributed by atoms with E-state index in [1.54, 1.807) is 17.0 Å². The monoisotopic (exact) mass is 372 g/mol. The third-order valence-corrected chi connectivity index (χ3v) is 5.45. The molecule has 0 aliphatic rings. The minimum Gasteiger partial charge on any atom is -0.338 e. The van der Waals surface area contributed by atoms with Gasteiger partial charge < -0.3 is 4.90 Å². The number of carbonyl (C=O) groups excluding carboxylic acids is 1. The van der Waals surface area contributed by atoms with Crippen LogP contribution in [0.3, 0.4) is 0 Å². The molecule has 0 aliphatic carbocycles. The van der Waals surface area contributed by atoms with Gasteiger partial charge in [-0.15, -0.1) is 0 Å². The summed E-state index contributed by atoms with van der Waals surface area (Å²) in [5.74, 6) is -0.857. The van der Waals surface area contributed by atoms with Crippen molar-refractivity contribution in [1.82, 2.24) is 4.98 Å². The summed E-state index contributed by atoms with van der Waals surface area (Å²) < 4.78 is 15.2. The number of amides is 1. The highest BCUT2D eigenvalue weighted by Gasteiger charge is 2.24. The van der Waals surface area contributed by atoms with Crippen LogP contribution in [0.2, 0.25) is 0 Å². The van der Waals surface area contributed by atoms with Gasteiger partial charge in [0.15, 0.2) is 5.13 Å². The number of halogens is 1. The standard InChI is InChI=1S/C20H22FN3OS/c1-13-11-17-18(12-14(13)2)26-20(22-17)24(10-9-23(3)4)19(25)15-7-5-6-8-16(15)21/h5-8,11-12H,9-10H2,1-4H3/p+1. The lowest BCUT2D eigenvalue weighted by molar-refractivity contribution is -0.856. The van der Waals surface area contributed by atoms with Gasteiger partial charge in [0.25, 0.3) is 5.91 Å². The average Bonchev–Trinajstić information content (AvgIpc) is 2.97. The number of likely N-dealkylation sites (N-methyl/N-ethyl adjacent to an activating group) is 1. The zero-order chi connectivity index (χ0) is 18.8. The van der Waals surface area contributed by atoms with Crippen molar-refractivity contribution in [3.8, 4) is 0 Å². The highest BCUT2D eigenvalue weighted by Crippen LogP contribution is 2.31. The fraction of sp³-hybridized carbons (Fsp3) is 0.300. The summed E-state index contributed by atoms with van der Waals surface area (Å²) in [4.78, 5) is 20.5. The lowest BCUT2D eigenvalue weighted by atomic mass is 10.1. The SMILES string of the molecule is Cc1cc2nc(N(CC[NH+](C)C)C(=O)c3ccccc3F)sc2cc1C. The van der Waals surface area contributed by atoms with E-state index in [1.807, 2.05) is 27.1 Å². The van der Waals surface area contributed by atoms with E-state index >= 15 is 0 Å². The van der Waals surface area contributed by atoms with Crippen LogP contribution in [0.15, 0.2) is 36.4 Å². The average molecular weight is 372 g/mol. The number of hydrogen-bond acceptors (Lipinski definition) is 3. The smallest absolute Gasteiger partial charge is 0.263 e. The van der Waals surface area contributed by atoms with E-state index in [-0.39, 0.29) is 11.5 Å². The first-order valence-corrected chi connectivity index (χ1v) is 9.41. The second-order valence-electron chi connectivity index (χ2n) is 6.79. The Morgan fingerprint density at radius 3 is 2.58 bits per heavy atom. The van der Waals surface area contributed by atoms with E-state index in [0.717, 1.165) is 16.8 Å². The van der Waals surface area contributed by atoms with Gasteiger partial charge in [-0.3, -0.25) is 9.69 Å². The number of aromatic nitrogens is 1. The Labute approximate surface area is 156 Å². The Morgan fingerprint density at radius 2 is 1.88 bits per heavy atom. The molecule has 3 rings (SSSR count). The van der Waals surface area contributed by atoms with E-state index in [4.69, 9.17) is 0 Å². The van der Waals surface area contributed by atoms with Gasteiger partial charge in [0.05, 0.1) is 43.0 Å². The zero-order valence-corrected chi connectivity index (χ0v) is 16.3. The molecule has 0 radical (unpaired) electrons. The van der Waals surface area contributed by atoms with Gasteiger partial charge in [-0.1, -0.05) is 23.5 Å². The number of anilines is 1. The summed E-state index contributed by atoms with van der Waals surface area (Å²) in [7, 11) is 4.05. The Balaban J connectivity index is 2.03. The van der Waals surface area contributed by atoms with Gasteiger partial charge in [-0.2, -0.15) is 0 Å². The lowest BCUT2D eigenvalue weighted by Gasteiger charge is -2.21. The van der Waals surface area contributed by atoms with Crippen LogP contribution in [0, 0.1) is 19.7 Å². The maximum atomic E-state index is 14.2. The first-order chi connectivity index (χ1) is 12.4. The molecule has 0 saturated carbocycles. The molecular weight excluding hydrogens is 349 g/mol. The van der Waals surface area contributed by atoms with Crippen molar-refractivity contribution >= 4 is 32.6 Å². The van der Waals surface area contributed by atoms with Crippen LogP contribution in [-0.4, -0.2) is 38.1 Å². The van der Waals surface area contributed by atoms with Crippen molar-refractivity contribution < 1.29 is 14.1 Å². The molecule has 6 heteroatoms. The largest absolute Gasteiger partial charge is 0.338 e. The Hall–Kier alpha value is -2.31. The van der Waals surface area contributed by atoms with E-state index < -0.39 is 5.82 Å². The van der Waals surface area contributed by atoms with Gasteiger partial charge in [-0.25, -0.2) is 9.37 Å². The molecular formula is C20H23FN3OS+. The summed E-state index contributed by atoms with van der Waals surface area (Å²) >= 11 is 1.47. The fourth-order valence-electron chi connectivity index (χ4n) is 2.68. The van der Waals surface area contributed by atoms with Gasteiger partial charge >= 0.3 is 0 Å². The molecule has 0 spiro atoms. The van der Waals surface area contributed by atoms with Crippen molar-refractivity contribution in [3.05, 3.63) is 58.9 Å². The molecule has 1 amide bonds. The molecule has 136 valence electrons. The highest BCUT2D eigenvalue weighted by molar-refractivity contribution is 7.22. The minimum absolute atomic E-state index is 0.0767. The number of nitrogens with one attached hydrogen (secondary N) is 1. The first kappa shape index (κ1) is 18.5. The van der Waals surface area contributed by atoms with Crippen molar-refractivity contribution in [2.45, 2.75) is 13.8 Å². The van der Waals surface area contributed by atoms with Crippen LogP contribution in [0.5, 0.6) is 0 Å². The predicted molar refractivity (Wildman–Crippen MR) is 105 cm³/mol. The molecule has 4 nitrogen and oxygen atoms in total. The molecule has 0 fully saturated rings. The first-order valence-electron chi connectivity index (χ1n) is 8.60. The number of quaternary nitrogens is 1. The van der Waals surface area contributed by atoms with Crippen molar-refractivity contribution in [1.29, 1.82) is 0 Å². The van der Waals surface area contributed by atoms with Gasteiger partial charge in [0.2, 0.25) is 0 Å². The van der Waals surface area contributed by atoms with Crippen LogP contribution in [0.1, 0.15) is 21.5 Å². The van der Waals surface area contributed by atoms with Gasteiger partial charge in [-0.05, 0) is 49.2 Å². The van der Waals surface area contributed by atoms with Crippen LogP contribution in [0.25, 0.3) is 10.2 Å². The minimum atomic E-state index is -0.507. The van der Waals surface area contributed by atoms with E-state index in [1.165, 1.54) is 39.5 Å². The Bertz CT molecular complexity index is 912. The molecule has 1 aromatic heterocycles. The second-order valence-corrected chi connectivity index (χ2v) is 7.80. The molecule has 2 aromatic carbocycles. The second kappa shape index (κ2) is 7.51. The van der Waals surface area contributed by atoms with E-state index in [2.05, 4.69) is 18.0 Å². The van der Waals surface area contributed by atoms with E-state index in [9.17, 15) is 9.18 Å². The maximum absolute atomic E-state index is 14.2. The molecule has 1 heterocycles. The van der Waals surface area contributed by atoms with Crippen LogP contribution < -0.4 is 9.80 Å². The number of rotatable bonds is 5. The maximum Gasteiger partial charge on any atom is 0.263 e. The summed E-state index contributed by atoms with van der Waals surface area (Å²) in [5, 5.41) is 0.611. The number of fused-ring (bicyclic) bond motifs is 1. The molecule has 1 N–H and O–H groups in total. The van der Waals surface area contributed by atoms with Crippen LogP contribution in [0.4, 0.5) is 9.52 Å². The van der Waals surface area contributed by atoms with Crippen molar-refractivity contribution in [2.24, 2.45) is 0 Å². The number of hydrogen-bond donors (Lipinski definition) is 1. The molecule has 0 atom stereocenters. The molecule has 0 saturated heterocycles. The number of carbonyl (C=O) groups is 1. The topological polar surface area (TPSA) is 37.6 Å². The predicted octanol–water partition coefficient (Wildman–Crippen LogP) is 2.84. The molecule has 0 aliphatic heterocycles. The lowest BCUT2D eigenvalue weighted by Crippen LogP contribution is -3.06. The molecule has 26 heavy (non-hydrogen) atoms.